The summed E-state index contributed by atoms with van der Waals surface area (Å²) in [6.07, 6.45) is 0. The first-order valence-electron chi connectivity index (χ1n) is 10.5. The van der Waals surface area contributed by atoms with E-state index in [9.17, 15) is 19.6 Å². The van der Waals surface area contributed by atoms with Gasteiger partial charge in [0.2, 0.25) is 12.7 Å². The Morgan fingerprint density at radius 2 is 1.85 bits per heavy atom. The number of nitrogens with zero attached hydrogens (tertiary/aromatic N) is 2. The van der Waals surface area contributed by atoms with Crippen LogP contribution < -0.4 is 25.7 Å². The number of amides is 2. The van der Waals surface area contributed by atoms with Gasteiger partial charge in [0, 0.05) is 12.2 Å². The molecule has 1 aromatic heterocycles. The zero-order valence-corrected chi connectivity index (χ0v) is 18.7. The minimum Gasteiger partial charge on any atom is -0.454 e. The van der Waals surface area contributed by atoms with E-state index < -0.39 is 11.5 Å². The molecule has 1 aliphatic heterocycles. The topological polar surface area (TPSA) is 122 Å². The molecule has 172 valence electrons. The van der Waals surface area contributed by atoms with Gasteiger partial charge in [-0.1, -0.05) is 18.2 Å². The number of aromatic nitrogens is 1. The average molecular weight is 458 g/mol. The second kappa shape index (κ2) is 9.50. The Morgan fingerprint density at radius 3 is 2.65 bits per heavy atom. The molecule has 0 fully saturated rings. The number of para-hydroxylation sites is 1. The van der Waals surface area contributed by atoms with Crippen LogP contribution in [0.1, 0.15) is 32.7 Å². The number of fused-ring (bicyclic) bond motifs is 1. The monoisotopic (exact) mass is 458 g/mol. The van der Waals surface area contributed by atoms with Crippen LogP contribution in [0.3, 0.4) is 0 Å². The lowest BCUT2D eigenvalue weighted by Gasteiger charge is -2.14. The van der Waals surface area contributed by atoms with E-state index >= 15 is 0 Å². The van der Waals surface area contributed by atoms with Crippen molar-refractivity contribution >= 4 is 17.5 Å². The van der Waals surface area contributed by atoms with Gasteiger partial charge in [0.25, 0.3) is 11.5 Å². The van der Waals surface area contributed by atoms with E-state index in [2.05, 4.69) is 10.6 Å². The highest BCUT2D eigenvalue weighted by atomic mass is 16.7. The molecule has 1 aliphatic rings. The minimum absolute atomic E-state index is 0.00157. The molecule has 0 bridgehead atoms. The van der Waals surface area contributed by atoms with Crippen LogP contribution in [0, 0.1) is 25.2 Å². The molecule has 2 heterocycles. The Kier molecular flexibility index (Phi) is 6.32. The van der Waals surface area contributed by atoms with Gasteiger partial charge in [-0.3, -0.25) is 14.4 Å². The van der Waals surface area contributed by atoms with Gasteiger partial charge in [0.1, 0.15) is 18.2 Å². The van der Waals surface area contributed by atoms with Gasteiger partial charge in [-0.05, 0) is 55.3 Å². The molecule has 0 radical (unpaired) electrons. The fourth-order valence-electron chi connectivity index (χ4n) is 3.71. The molecule has 0 saturated carbocycles. The second-order valence-corrected chi connectivity index (χ2v) is 7.81. The zero-order chi connectivity index (χ0) is 24.2. The number of anilines is 1. The number of rotatable bonds is 6. The van der Waals surface area contributed by atoms with Gasteiger partial charge in [-0.25, -0.2) is 0 Å². The lowest BCUT2D eigenvalue weighted by molar-refractivity contribution is -0.116. The zero-order valence-electron chi connectivity index (χ0n) is 18.7. The largest absolute Gasteiger partial charge is 0.454 e. The molecule has 2 N–H and O–H groups in total. The molecule has 0 unspecified atom stereocenters. The first-order valence-corrected chi connectivity index (χ1v) is 10.5. The van der Waals surface area contributed by atoms with Crippen molar-refractivity contribution in [2.75, 3.05) is 12.1 Å². The molecule has 9 heteroatoms. The Bertz CT molecular complexity index is 1390. The highest BCUT2D eigenvalue weighted by Gasteiger charge is 2.17. The average Bonchev–Trinajstić information content (AvgIpc) is 3.29. The van der Waals surface area contributed by atoms with Gasteiger partial charge < -0.3 is 24.7 Å². The number of ether oxygens (including phenoxy) is 2. The fraction of sp³-hybridized carbons (Fsp3) is 0.200. The van der Waals surface area contributed by atoms with Crippen molar-refractivity contribution in [3.8, 4) is 17.6 Å². The Morgan fingerprint density at radius 1 is 1.09 bits per heavy atom. The van der Waals surface area contributed by atoms with Gasteiger partial charge >= 0.3 is 0 Å². The van der Waals surface area contributed by atoms with Crippen LogP contribution in [-0.2, 0) is 17.9 Å². The van der Waals surface area contributed by atoms with E-state index in [1.807, 2.05) is 12.1 Å². The summed E-state index contributed by atoms with van der Waals surface area (Å²) in [4.78, 5) is 38.1. The van der Waals surface area contributed by atoms with Crippen LogP contribution in [0.4, 0.5) is 5.69 Å². The SMILES string of the molecule is Cc1cc(C)n(CC(=O)Nc2ccccc2C(=O)NCc2ccc3c(c2)OCO3)c(=O)c1C#N. The summed E-state index contributed by atoms with van der Waals surface area (Å²) < 4.78 is 11.9. The van der Waals surface area contributed by atoms with Gasteiger partial charge in [0.05, 0.1) is 11.3 Å². The molecule has 0 atom stereocenters. The van der Waals surface area contributed by atoms with Crippen LogP contribution in [-0.4, -0.2) is 23.2 Å². The van der Waals surface area contributed by atoms with Crippen LogP contribution in [0.15, 0.2) is 53.3 Å². The lowest BCUT2D eigenvalue weighted by atomic mass is 10.1. The summed E-state index contributed by atoms with van der Waals surface area (Å²) in [5.41, 5.74) is 2.03. The van der Waals surface area contributed by atoms with E-state index in [0.29, 0.717) is 28.4 Å². The molecule has 3 aromatic rings. The molecule has 4 rings (SSSR count). The van der Waals surface area contributed by atoms with Crippen LogP contribution in [0.2, 0.25) is 0 Å². The molecular weight excluding hydrogens is 436 g/mol. The molecular formula is C25H22N4O5. The third-order valence-corrected chi connectivity index (χ3v) is 5.45. The normalized spacial score (nSPS) is 11.6. The Hall–Kier alpha value is -4.58. The van der Waals surface area contributed by atoms with E-state index in [4.69, 9.17) is 9.47 Å². The van der Waals surface area contributed by atoms with Crippen LogP contribution in [0.5, 0.6) is 11.5 Å². The minimum atomic E-state index is -0.523. The van der Waals surface area contributed by atoms with Crippen molar-refractivity contribution in [3.05, 3.63) is 86.8 Å². The molecule has 9 nitrogen and oxygen atoms in total. The predicted octanol–water partition coefficient (Wildman–Crippen LogP) is 2.63. The molecule has 0 saturated heterocycles. The number of aryl methyl sites for hydroxylation is 2. The summed E-state index contributed by atoms with van der Waals surface area (Å²) >= 11 is 0. The first kappa shape index (κ1) is 22.6. The van der Waals surface area contributed by atoms with Crippen molar-refractivity contribution in [2.45, 2.75) is 26.9 Å². The number of carbonyl (C=O) groups excluding carboxylic acids is 2. The van der Waals surface area contributed by atoms with Crippen molar-refractivity contribution in [2.24, 2.45) is 0 Å². The quantitative estimate of drug-likeness (QED) is 0.586. The summed E-state index contributed by atoms with van der Waals surface area (Å²) in [6, 6.07) is 15.6. The summed E-state index contributed by atoms with van der Waals surface area (Å²) in [5, 5.41) is 14.8. The summed E-state index contributed by atoms with van der Waals surface area (Å²) in [7, 11) is 0. The smallest absolute Gasteiger partial charge is 0.269 e. The molecule has 2 amide bonds. The standard InChI is InChI=1S/C25H22N4O5/c1-15-9-16(2)29(25(32)19(15)11-26)13-23(30)28-20-6-4-3-5-18(20)24(31)27-12-17-7-8-21-22(10-17)34-14-33-21/h3-10H,12-14H2,1-2H3,(H,27,31)(H,28,30). The molecule has 0 spiro atoms. The van der Waals surface area contributed by atoms with Crippen molar-refractivity contribution in [1.29, 1.82) is 5.26 Å². The molecule has 34 heavy (non-hydrogen) atoms. The number of nitrogens with one attached hydrogen (secondary N) is 2. The summed E-state index contributed by atoms with van der Waals surface area (Å²) in [5.74, 6) is 0.423. The van der Waals surface area contributed by atoms with Crippen molar-refractivity contribution < 1.29 is 19.1 Å². The Labute approximate surface area is 195 Å². The second-order valence-electron chi connectivity index (χ2n) is 7.81. The summed E-state index contributed by atoms with van der Waals surface area (Å²) in [6.45, 7) is 3.51. The number of nitriles is 1. The van der Waals surface area contributed by atoms with Crippen molar-refractivity contribution in [3.63, 3.8) is 0 Å². The lowest BCUT2D eigenvalue weighted by Crippen LogP contribution is -2.32. The van der Waals surface area contributed by atoms with Crippen LogP contribution in [0.25, 0.3) is 0 Å². The first-order chi connectivity index (χ1) is 16.4. The number of carbonyl (C=O) groups is 2. The maximum absolute atomic E-state index is 12.8. The van der Waals surface area contributed by atoms with E-state index in [1.54, 1.807) is 56.3 Å². The highest BCUT2D eigenvalue weighted by Crippen LogP contribution is 2.32. The highest BCUT2D eigenvalue weighted by molar-refractivity contribution is 6.03. The molecule has 2 aromatic carbocycles. The third kappa shape index (κ3) is 4.61. The van der Waals surface area contributed by atoms with Gasteiger partial charge in [-0.15, -0.1) is 0 Å². The number of benzene rings is 2. The van der Waals surface area contributed by atoms with E-state index in [1.165, 1.54) is 4.57 Å². The number of hydrogen-bond donors (Lipinski definition) is 2. The fourth-order valence-corrected chi connectivity index (χ4v) is 3.71. The van der Waals surface area contributed by atoms with E-state index in [0.717, 1.165) is 5.56 Å². The van der Waals surface area contributed by atoms with Gasteiger partial charge in [0.15, 0.2) is 11.5 Å². The predicted molar refractivity (Wildman–Crippen MR) is 124 cm³/mol. The van der Waals surface area contributed by atoms with E-state index in [-0.39, 0.29) is 36.9 Å². The maximum atomic E-state index is 12.8. The van der Waals surface area contributed by atoms with Gasteiger partial charge in [-0.2, -0.15) is 5.26 Å². The third-order valence-electron chi connectivity index (χ3n) is 5.45. The van der Waals surface area contributed by atoms with Crippen molar-refractivity contribution in [1.82, 2.24) is 9.88 Å². The molecule has 0 aliphatic carbocycles. The number of hydrogen-bond acceptors (Lipinski definition) is 6. The Balaban J connectivity index is 1.46. The number of pyridine rings is 1. The maximum Gasteiger partial charge on any atom is 0.269 e. The van der Waals surface area contributed by atoms with Crippen LogP contribution >= 0.6 is 0 Å².